The number of aliphatic hydroxyl groups is 1. The molecule has 1 N–H and O–H groups in total. The lowest BCUT2D eigenvalue weighted by atomic mass is 9.96. The van der Waals surface area contributed by atoms with Crippen LogP contribution in [-0.4, -0.2) is 24.2 Å². The van der Waals surface area contributed by atoms with Gasteiger partial charge < -0.3 is 14.3 Å². The number of cyclic esters (lactones) is 1. The van der Waals surface area contributed by atoms with Crippen LogP contribution in [0.15, 0.2) is 94.3 Å². The molecular formula is C27H29NO4Si. The summed E-state index contributed by atoms with van der Waals surface area (Å²) < 4.78 is 11.5. The van der Waals surface area contributed by atoms with Crippen molar-refractivity contribution in [3.05, 3.63) is 113 Å². The molecule has 0 unspecified atom stereocenters. The van der Waals surface area contributed by atoms with Crippen LogP contribution in [0.25, 0.3) is 0 Å². The number of carbonyl (C=O) groups excluding carboxylic acids is 1. The van der Waals surface area contributed by atoms with Crippen LogP contribution in [0.4, 0.5) is 4.79 Å². The number of hydrogen-bond acceptors (Lipinski definition) is 4. The fourth-order valence-corrected chi connectivity index (χ4v) is 5.55. The summed E-state index contributed by atoms with van der Waals surface area (Å²) in [5.41, 5.74) is 5.17. The van der Waals surface area contributed by atoms with Gasteiger partial charge in [-0.2, -0.15) is 0 Å². The molecule has 1 saturated heterocycles. The first-order chi connectivity index (χ1) is 15.8. The highest BCUT2D eigenvalue weighted by Gasteiger charge is 2.42. The predicted octanol–water partition coefficient (Wildman–Crippen LogP) is 6.47. The van der Waals surface area contributed by atoms with Gasteiger partial charge in [-0.05, 0) is 35.4 Å². The van der Waals surface area contributed by atoms with Crippen LogP contribution in [0.5, 0.6) is 0 Å². The predicted molar refractivity (Wildman–Crippen MR) is 130 cm³/mol. The average molecular weight is 460 g/mol. The molecule has 5 nitrogen and oxygen atoms in total. The van der Waals surface area contributed by atoms with E-state index in [1.807, 2.05) is 73.7 Å². The first-order valence-corrected chi connectivity index (χ1v) is 14.6. The van der Waals surface area contributed by atoms with Crippen molar-refractivity contribution in [1.82, 2.24) is 4.90 Å². The molecule has 1 aliphatic heterocycles. The van der Waals surface area contributed by atoms with E-state index in [2.05, 4.69) is 25.4 Å². The molecule has 0 aliphatic carbocycles. The Hall–Kier alpha value is -3.31. The van der Waals surface area contributed by atoms with E-state index >= 15 is 0 Å². The van der Waals surface area contributed by atoms with Crippen LogP contribution in [0.3, 0.4) is 0 Å². The highest BCUT2D eigenvalue weighted by molar-refractivity contribution is 6.83. The highest BCUT2D eigenvalue weighted by atomic mass is 28.3. The van der Waals surface area contributed by atoms with Crippen molar-refractivity contribution in [1.29, 1.82) is 0 Å². The number of furan rings is 1. The summed E-state index contributed by atoms with van der Waals surface area (Å²) in [6, 6.07) is 22.9. The van der Waals surface area contributed by atoms with Gasteiger partial charge in [0, 0.05) is 0 Å². The van der Waals surface area contributed by atoms with Crippen molar-refractivity contribution in [2.75, 3.05) is 0 Å². The van der Waals surface area contributed by atoms with E-state index in [4.69, 9.17) is 9.15 Å². The summed E-state index contributed by atoms with van der Waals surface area (Å²) in [5, 5.41) is 11.8. The zero-order valence-corrected chi connectivity index (χ0v) is 20.4. The molecule has 0 bridgehead atoms. The fraction of sp³-hybridized carbons (Fsp3) is 0.259. The lowest BCUT2D eigenvalue weighted by molar-refractivity contribution is 0.131. The van der Waals surface area contributed by atoms with Crippen LogP contribution in [-0.2, 0) is 4.74 Å². The topological polar surface area (TPSA) is 62.9 Å². The number of benzene rings is 2. The highest BCUT2D eigenvalue weighted by Crippen LogP contribution is 2.43. The van der Waals surface area contributed by atoms with Gasteiger partial charge in [-0.15, -0.1) is 5.73 Å². The van der Waals surface area contributed by atoms with Gasteiger partial charge in [-0.1, -0.05) is 80.3 Å². The van der Waals surface area contributed by atoms with Gasteiger partial charge in [-0.25, -0.2) is 4.79 Å². The molecule has 0 radical (unpaired) electrons. The fourth-order valence-electron chi connectivity index (χ4n) is 4.09. The summed E-state index contributed by atoms with van der Waals surface area (Å²) >= 11 is 0. The Balaban J connectivity index is 1.79. The van der Waals surface area contributed by atoms with E-state index in [1.54, 1.807) is 17.2 Å². The largest absolute Gasteiger partial charge is 0.463 e. The number of amides is 1. The van der Waals surface area contributed by atoms with Crippen LogP contribution in [0.2, 0.25) is 19.6 Å². The normalized spacial score (nSPS) is 19.1. The maximum Gasteiger partial charge on any atom is 0.415 e. The van der Waals surface area contributed by atoms with Gasteiger partial charge in [-0.3, -0.25) is 4.90 Å². The van der Waals surface area contributed by atoms with Crippen molar-refractivity contribution < 1.29 is 19.1 Å². The number of aryl methyl sites for hydroxylation is 1. The molecule has 33 heavy (non-hydrogen) atoms. The number of ether oxygens (including phenoxy) is 1. The molecule has 6 heteroatoms. The minimum absolute atomic E-state index is 0.348. The molecular weight excluding hydrogens is 430 g/mol. The van der Waals surface area contributed by atoms with E-state index in [9.17, 15) is 9.90 Å². The van der Waals surface area contributed by atoms with Crippen molar-refractivity contribution in [2.45, 2.75) is 44.8 Å². The van der Waals surface area contributed by atoms with Gasteiger partial charge >= 0.3 is 6.09 Å². The van der Waals surface area contributed by atoms with E-state index in [0.29, 0.717) is 5.76 Å². The van der Waals surface area contributed by atoms with E-state index in [0.717, 1.165) is 22.1 Å². The third-order valence-corrected chi connectivity index (χ3v) is 7.80. The second-order valence-corrected chi connectivity index (χ2v) is 14.3. The smallest absolute Gasteiger partial charge is 0.415 e. The standard InChI is InChI=1S/C27H29NO4Si/c1-19-15-16-22(31-19)25(29)23(33(2,3)4)17-18-28-24(20-11-7-5-8-12-20)26(32-27(28)30)21-13-9-6-10-14-21/h5-16,18,24-26,29H,1-4H3/t17?,24-,25+,26+/m0/s1. The zero-order valence-electron chi connectivity index (χ0n) is 19.4. The number of aliphatic hydroxyl groups excluding tert-OH is 1. The monoisotopic (exact) mass is 459 g/mol. The number of rotatable bonds is 6. The number of nitrogens with zero attached hydrogens (tertiary/aromatic N) is 1. The van der Waals surface area contributed by atoms with Crippen molar-refractivity contribution >= 4 is 14.2 Å². The Kier molecular flexibility index (Phi) is 6.43. The molecule has 170 valence electrons. The first-order valence-electron chi connectivity index (χ1n) is 11.1. The van der Waals surface area contributed by atoms with Crippen molar-refractivity contribution in [3.8, 4) is 0 Å². The molecule has 1 amide bonds. The Morgan fingerprint density at radius 2 is 1.61 bits per heavy atom. The third kappa shape index (κ3) is 4.88. The minimum atomic E-state index is -2.01. The number of carbonyl (C=O) groups is 1. The molecule has 2 heterocycles. The molecule has 1 aliphatic rings. The second-order valence-electron chi connectivity index (χ2n) is 9.27. The Labute approximate surface area is 195 Å². The second kappa shape index (κ2) is 9.28. The van der Waals surface area contributed by atoms with Crippen molar-refractivity contribution in [2.24, 2.45) is 0 Å². The van der Waals surface area contributed by atoms with Crippen molar-refractivity contribution in [3.63, 3.8) is 0 Å². The first kappa shape index (κ1) is 22.9. The van der Waals surface area contributed by atoms with E-state index < -0.39 is 26.4 Å². The summed E-state index contributed by atoms with van der Waals surface area (Å²) in [7, 11) is -2.01. The molecule has 2 aromatic carbocycles. The number of hydrogen-bond donors (Lipinski definition) is 1. The lowest BCUT2D eigenvalue weighted by Gasteiger charge is -2.24. The third-order valence-electron chi connectivity index (χ3n) is 5.77. The Bertz CT molecular complexity index is 1170. The van der Waals surface area contributed by atoms with E-state index in [1.165, 1.54) is 0 Å². The minimum Gasteiger partial charge on any atom is -0.463 e. The molecule has 0 saturated carbocycles. The molecule has 1 fully saturated rings. The lowest BCUT2D eigenvalue weighted by Crippen LogP contribution is -2.28. The molecule has 0 spiro atoms. The van der Waals surface area contributed by atoms with Crippen LogP contribution in [0.1, 0.15) is 40.9 Å². The van der Waals surface area contributed by atoms with Gasteiger partial charge in [0.2, 0.25) is 0 Å². The maximum absolute atomic E-state index is 13.0. The van der Waals surface area contributed by atoms with Crippen LogP contribution < -0.4 is 0 Å². The van der Waals surface area contributed by atoms with E-state index in [-0.39, 0.29) is 6.04 Å². The summed E-state index contributed by atoms with van der Waals surface area (Å²) in [6.45, 7) is 8.24. The molecule has 3 atom stereocenters. The quantitative estimate of drug-likeness (QED) is 0.339. The van der Waals surface area contributed by atoms with Gasteiger partial charge in [0.25, 0.3) is 0 Å². The summed E-state index contributed by atoms with van der Waals surface area (Å²) in [4.78, 5) is 14.6. The summed E-state index contributed by atoms with van der Waals surface area (Å²) in [5.74, 6) is 1.22. The molecule has 4 rings (SSSR count). The Morgan fingerprint density at radius 1 is 1.00 bits per heavy atom. The maximum atomic E-state index is 13.0. The van der Waals surface area contributed by atoms with Crippen LogP contribution in [0, 0.1) is 6.92 Å². The average Bonchev–Trinajstić information content (AvgIpc) is 3.37. The zero-order chi connectivity index (χ0) is 23.6. The SMILES string of the molecule is Cc1ccc([C@@H](O)C(=C=CN2C(=O)O[C@H](c3ccccc3)[C@@H]2c2ccccc2)[Si](C)(C)C)o1. The van der Waals surface area contributed by atoms with Gasteiger partial charge in [0.05, 0.1) is 14.3 Å². The van der Waals surface area contributed by atoms with Gasteiger partial charge in [0.15, 0.2) is 6.10 Å². The van der Waals surface area contributed by atoms with Crippen LogP contribution >= 0.6 is 0 Å². The van der Waals surface area contributed by atoms with Gasteiger partial charge in [0.1, 0.15) is 23.7 Å². The Morgan fingerprint density at radius 3 is 2.15 bits per heavy atom. The molecule has 1 aromatic heterocycles. The molecule has 3 aromatic rings. The summed E-state index contributed by atoms with van der Waals surface area (Å²) in [6.07, 6.45) is -0.175.